The van der Waals surface area contributed by atoms with E-state index in [4.69, 9.17) is 9.05 Å². The first-order valence-corrected chi connectivity index (χ1v) is 31.5. The lowest BCUT2D eigenvalue weighted by Gasteiger charge is -2.29. The number of aliphatic hydroxyl groups excluding tert-OH is 1. The average molecular weight is 1010 g/mol. The Bertz CT molecular complexity index is 1280. The second-order valence-corrected chi connectivity index (χ2v) is 23.1. The van der Waals surface area contributed by atoms with Crippen molar-refractivity contribution in [3.63, 3.8) is 0 Å². The summed E-state index contributed by atoms with van der Waals surface area (Å²) in [6.07, 6.45) is 69.2. The van der Waals surface area contributed by atoms with Crippen molar-refractivity contribution in [2.24, 2.45) is 0 Å². The van der Waals surface area contributed by atoms with E-state index in [2.05, 4.69) is 55.6 Å². The lowest BCUT2D eigenvalue weighted by Crippen LogP contribution is -2.45. The van der Waals surface area contributed by atoms with Gasteiger partial charge in [0.1, 0.15) is 13.2 Å². The predicted octanol–water partition coefficient (Wildman–Crippen LogP) is 17.7. The first-order chi connectivity index (χ1) is 34.0. The Morgan fingerprint density at radius 3 is 1.16 bits per heavy atom. The molecule has 1 amide bonds. The molecule has 0 radical (unpaired) electrons. The molecule has 0 fully saturated rings. The molecule has 0 aromatic carbocycles. The van der Waals surface area contributed by atoms with Gasteiger partial charge in [0.2, 0.25) is 5.91 Å². The molecule has 70 heavy (non-hydrogen) atoms. The molecule has 3 unspecified atom stereocenters. The van der Waals surface area contributed by atoms with Crippen LogP contribution in [0.4, 0.5) is 0 Å². The van der Waals surface area contributed by atoms with Crippen LogP contribution in [0.1, 0.15) is 284 Å². The van der Waals surface area contributed by atoms with Crippen LogP contribution >= 0.6 is 7.82 Å². The van der Waals surface area contributed by atoms with Crippen LogP contribution in [0.2, 0.25) is 0 Å². The van der Waals surface area contributed by atoms with Gasteiger partial charge in [-0.3, -0.25) is 9.36 Å². The second kappa shape index (κ2) is 52.3. The smallest absolute Gasteiger partial charge is 0.268 e. The summed E-state index contributed by atoms with van der Waals surface area (Å²) in [6.45, 7) is 4.64. The van der Waals surface area contributed by atoms with Crippen molar-refractivity contribution in [3.8, 4) is 0 Å². The number of phosphoric acid groups is 1. The van der Waals surface area contributed by atoms with Gasteiger partial charge in [0.15, 0.2) is 0 Å². The summed E-state index contributed by atoms with van der Waals surface area (Å²) in [6, 6.07) is -0.912. The summed E-state index contributed by atoms with van der Waals surface area (Å²) in [7, 11) is 1.24. The van der Waals surface area contributed by atoms with E-state index in [9.17, 15) is 19.4 Å². The molecule has 8 nitrogen and oxygen atoms in total. The van der Waals surface area contributed by atoms with Crippen molar-refractivity contribution in [2.45, 2.75) is 296 Å². The van der Waals surface area contributed by atoms with Gasteiger partial charge in [-0.2, -0.15) is 0 Å². The summed E-state index contributed by atoms with van der Waals surface area (Å²) in [5, 5.41) is 13.9. The number of amides is 1. The third-order valence-electron chi connectivity index (χ3n) is 13.5. The van der Waals surface area contributed by atoms with E-state index in [-0.39, 0.29) is 12.5 Å². The molecule has 0 aliphatic rings. The molecule has 9 heteroatoms. The van der Waals surface area contributed by atoms with Gasteiger partial charge in [0, 0.05) is 6.42 Å². The molecule has 0 aliphatic heterocycles. The number of phosphoric ester groups is 1. The van der Waals surface area contributed by atoms with Crippen LogP contribution in [0.5, 0.6) is 0 Å². The highest BCUT2D eigenvalue weighted by Gasteiger charge is 2.23. The first-order valence-electron chi connectivity index (χ1n) is 30.0. The molecule has 0 spiro atoms. The maximum atomic E-state index is 13.0. The molecular weight excluding hydrogens is 888 g/mol. The van der Waals surface area contributed by atoms with Crippen LogP contribution in [-0.2, 0) is 18.4 Å². The Morgan fingerprint density at radius 1 is 0.486 bits per heavy atom. The van der Waals surface area contributed by atoms with Crippen molar-refractivity contribution in [1.29, 1.82) is 0 Å². The number of aliphatic hydroxyl groups is 1. The van der Waals surface area contributed by atoms with Crippen LogP contribution in [0.25, 0.3) is 0 Å². The first kappa shape index (κ1) is 68.5. The molecule has 0 aromatic rings. The third kappa shape index (κ3) is 54.2. The summed E-state index contributed by atoms with van der Waals surface area (Å²) in [4.78, 5) is 25.5. The standard InChI is InChI=1S/C61H117N2O6P/c1-6-8-10-12-14-16-18-20-22-24-26-27-28-29-30-31-32-33-34-35-37-38-40-42-44-46-48-50-52-54-60(64)59(58-69-70(66,67)68-57-56-63(3,4)5)62-61(65)55-53-51-49-47-45-43-41-39-36-25-23-21-19-17-15-13-11-9-7-2/h21,23,37-38,44,46,52,54,59-60,64H,6-20,22,24-36,39-43,45,47-51,53,55-58H2,1-5H3,(H-,62,65,66,67)/b23-21-,38-37+,46-44+,54-52+. The number of allylic oxidation sites excluding steroid dienone is 7. The monoisotopic (exact) mass is 1000 g/mol. The Balaban J connectivity index is 4.23. The Morgan fingerprint density at radius 2 is 0.800 bits per heavy atom. The lowest BCUT2D eigenvalue weighted by molar-refractivity contribution is -0.870. The molecule has 0 saturated carbocycles. The van der Waals surface area contributed by atoms with Crippen LogP contribution in [0.15, 0.2) is 48.6 Å². The van der Waals surface area contributed by atoms with Crippen LogP contribution in [0.3, 0.4) is 0 Å². The summed E-state index contributed by atoms with van der Waals surface area (Å²) in [5.41, 5.74) is 0. The molecule has 3 atom stereocenters. The molecular formula is C61H117N2O6P. The summed E-state index contributed by atoms with van der Waals surface area (Å²) >= 11 is 0. The number of nitrogens with zero attached hydrogens (tertiary/aromatic N) is 1. The van der Waals surface area contributed by atoms with Gasteiger partial charge >= 0.3 is 0 Å². The number of rotatable bonds is 55. The molecule has 0 saturated heterocycles. The van der Waals surface area contributed by atoms with Gasteiger partial charge in [-0.15, -0.1) is 0 Å². The molecule has 0 aromatic heterocycles. The van der Waals surface area contributed by atoms with E-state index in [1.54, 1.807) is 6.08 Å². The third-order valence-corrected chi connectivity index (χ3v) is 14.5. The molecule has 0 aliphatic carbocycles. The Labute approximate surface area is 435 Å². The highest BCUT2D eigenvalue weighted by atomic mass is 31.2. The zero-order valence-corrected chi connectivity index (χ0v) is 47.9. The van der Waals surface area contributed by atoms with E-state index in [0.29, 0.717) is 17.4 Å². The van der Waals surface area contributed by atoms with Crippen molar-refractivity contribution < 1.29 is 32.9 Å². The van der Waals surface area contributed by atoms with Gasteiger partial charge in [0.05, 0.1) is 39.9 Å². The second-order valence-electron chi connectivity index (χ2n) is 21.7. The predicted molar refractivity (Wildman–Crippen MR) is 302 cm³/mol. The molecule has 0 rings (SSSR count). The van der Waals surface area contributed by atoms with Gasteiger partial charge in [-0.25, -0.2) is 0 Å². The molecule has 0 bridgehead atoms. The highest BCUT2D eigenvalue weighted by Crippen LogP contribution is 2.38. The van der Waals surface area contributed by atoms with E-state index in [0.717, 1.165) is 44.9 Å². The number of hydrogen-bond donors (Lipinski definition) is 2. The van der Waals surface area contributed by atoms with E-state index in [1.165, 1.54) is 218 Å². The fourth-order valence-corrected chi connectivity index (χ4v) is 9.49. The molecule has 2 N–H and O–H groups in total. The minimum absolute atomic E-state index is 0.00971. The topological polar surface area (TPSA) is 108 Å². The number of quaternary nitrogens is 1. The number of nitrogens with one attached hydrogen (secondary N) is 1. The summed E-state index contributed by atoms with van der Waals surface area (Å²) < 4.78 is 23.3. The number of hydrogen-bond acceptors (Lipinski definition) is 6. The van der Waals surface area contributed by atoms with Crippen LogP contribution in [0, 0.1) is 0 Å². The minimum Gasteiger partial charge on any atom is -0.756 e. The molecule has 412 valence electrons. The van der Waals surface area contributed by atoms with E-state index in [1.807, 2.05) is 27.2 Å². The van der Waals surface area contributed by atoms with Crippen molar-refractivity contribution in [2.75, 3.05) is 40.9 Å². The van der Waals surface area contributed by atoms with Gasteiger partial charge in [-0.05, 0) is 70.6 Å². The lowest BCUT2D eigenvalue weighted by atomic mass is 10.0. The number of carbonyl (C=O) groups excluding carboxylic acids is 1. The average Bonchev–Trinajstić information content (AvgIpc) is 3.32. The maximum Gasteiger partial charge on any atom is 0.268 e. The van der Waals surface area contributed by atoms with Crippen LogP contribution in [-0.4, -0.2) is 68.5 Å². The van der Waals surface area contributed by atoms with Gasteiger partial charge in [-0.1, -0.05) is 255 Å². The fourth-order valence-electron chi connectivity index (χ4n) is 8.77. The Hall–Kier alpha value is -1.54. The number of unbranched alkanes of at least 4 members (excludes halogenated alkanes) is 36. The largest absolute Gasteiger partial charge is 0.756 e. The van der Waals surface area contributed by atoms with E-state index >= 15 is 0 Å². The molecule has 0 heterocycles. The van der Waals surface area contributed by atoms with Gasteiger partial charge in [0.25, 0.3) is 7.82 Å². The minimum atomic E-state index is -4.61. The van der Waals surface area contributed by atoms with Crippen molar-refractivity contribution in [3.05, 3.63) is 48.6 Å². The SMILES string of the molecule is CCCCCCCC/C=C\CCCCCCCCCCCC(=O)NC(COP(=O)([O-])OCC[N+](C)(C)C)C(O)/C=C/CC/C=C/CC/C=C/CCCCCCCCCCCCCCCCCCCCC. The quantitative estimate of drug-likeness (QED) is 0.0272. The van der Waals surface area contributed by atoms with E-state index < -0.39 is 26.6 Å². The fraction of sp³-hybridized carbons (Fsp3) is 0.852. The maximum absolute atomic E-state index is 13.0. The number of carbonyl (C=O) groups is 1. The van der Waals surface area contributed by atoms with Gasteiger partial charge < -0.3 is 28.8 Å². The highest BCUT2D eigenvalue weighted by molar-refractivity contribution is 7.45. The zero-order chi connectivity index (χ0) is 51.3. The van der Waals surface area contributed by atoms with Crippen molar-refractivity contribution >= 4 is 13.7 Å². The summed E-state index contributed by atoms with van der Waals surface area (Å²) in [5.74, 6) is -0.212. The number of likely N-dealkylation sites (N-methyl/N-ethyl adjacent to an activating group) is 1. The Kier molecular flexibility index (Phi) is 51.2. The zero-order valence-electron chi connectivity index (χ0n) is 47.0. The normalized spacial score (nSPS) is 14.2. The van der Waals surface area contributed by atoms with Crippen molar-refractivity contribution in [1.82, 2.24) is 5.32 Å². The van der Waals surface area contributed by atoms with Crippen LogP contribution < -0.4 is 10.2 Å².